The molecular weight excluding hydrogens is 316 g/mol. The highest BCUT2D eigenvalue weighted by atomic mass is 16.2. The van der Waals surface area contributed by atoms with Gasteiger partial charge in [-0.15, -0.1) is 0 Å². The van der Waals surface area contributed by atoms with Crippen molar-refractivity contribution in [1.82, 2.24) is 14.8 Å². The van der Waals surface area contributed by atoms with Gasteiger partial charge in [0, 0.05) is 45.5 Å². The summed E-state index contributed by atoms with van der Waals surface area (Å²) >= 11 is 0. The lowest BCUT2D eigenvalue weighted by molar-refractivity contribution is -0.152. The summed E-state index contributed by atoms with van der Waals surface area (Å²) in [5.41, 5.74) is 0. The van der Waals surface area contributed by atoms with Crippen LogP contribution in [-0.2, 0) is 9.59 Å². The van der Waals surface area contributed by atoms with Gasteiger partial charge in [0.05, 0.1) is 0 Å². The second kappa shape index (κ2) is 10.0. The first-order chi connectivity index (χ1) is 12.2. The zero-order valence-corrected chi connectivity index (χ0v) is 15.5. The van der Waals surface area contributed by atoms with Crippen molar-refractivity contribution in [1.29, 1.82) is 0 Å². The second-order valence-electron chi connectivity index (χ2n) is 6.47. The van der Waals surface area contributed by atoms with Gasteiger partial charge >= 0.3 is 11.8 Å². The van der Waals surface area contributed by atoms with E-state index in [2.05, 4.69) is 23.7 Å². The summed E-state index contributed by atoms with van der Waals surface area (Å²) < 4.78 is 0. The fraction of sp³-hybridized carbons (Fsp3) is 0.632. The van der Waals surface area contributed by atoms with Gasteiger partial charge in [0.15, 0.2) is 0 Å². The number of pyridine rings is 1. The molecule has 2 amide bonds. The van der Waals surface area contributed by atoms with E-state index in [9.17, 15) is 9.59 Å². The van der Waals surface area contributed by atoms with Crippen molar-refractivity contribution in [3.8, 4) is 0 Å². The van der Waals surface area contributed by atoms with Gasteiger partial charge in [-0.2, -0.15) is 0 Å². The number of hydrogen-bond donors (Lipinski definition) is 0. The van der Waals surface area contributed by atoms with Crippen molar-refractivity contribution in [2.45, 2.75) is 39.5 Å². The summed E-state index contributed by atoms with van der Waals surface area (Å²) in [6, 6.07) is 5.83. The fourth-order valence-electron chi connectivity index (χ4n) is 2.96. The van der Waals surface area contributed by atoms with E-state index in [1.165, 1.54) is 0 Å². The third kappa shape index (κ3) is 5.44. The maximum Gasteiger partial charge on any atom is 0.312 e. The minimum Gasteiger partial charge on any atom is -0.353 e. The van der Waals surface area contributed by atoms with Crippen LogP contribution in [0.4, 0.5) is 5.82 Å². The van der Waals surface area contributed by atoms with Crippen molar-refractivity contribution in [2.24, 2.45) is 0 Å². The predicted molar refractivity (Wildman–Crippen MR) is 99.4 cm³/mol. The summed E-state index contributed by atoms with van der Waals surface area (Å²) in [5, 5.41) is 0. The number of carbonyl (C=O) groups excluding carboxylic acids is 2. The van der Waals surface area contributed by atoms with Crippen molar-refractivity contribution >= 4 is 17.6 Å². The Morgan fingerprint density at radius 2 is 1.68 bits per heavy atom. The number of anilines is 1. The molecule has 1 fully saturated rings. The maximum atomic E-state index is 12.6. The van der Waals surface area contributed by atoms with Gasteiger partial charge in [-0.25, -0.2) is 4.98 Å². The van der Waals surface area contributed by atoms with Crippen molar-refractivity contribution in [3.05, 3.63) is 24.4 Å². The topological polar surface area (TPSA) is 56.8 Å². The molecule has 0 aromatic carbocycles. The Morgan fingerprint density at radius 3 is 2.20 bits per heavy atom. The van der Waals surface area contributed by atoms with Crippen LogP contribution in [0.5, 0.6) is 0 Å². The van der Waals surface area contributed by atoms with E-state index < -0.39 is 0 Å². The van der Waals surface area contributed by atoms with Crippen LogP contribution in [0.2, 0.25) is 0 Å². The van der Waals surface area contributed by atoms with Crippen molar-refractivity contribution in [2.75, 3.05) is 44.2 Å². The first-order valence-electron chi connectivity index (χ1n) is 9.41. The highest BCUT2D eigenvalue weighted by molar-refractivity contribution is 6.34. The first kappa shape index (κ1) is 19.2. The first-order valence-corrected chi connectivity index (χ1v) is 9.41. The zero-order chi connectivity index (χ0) is 18.1. The third-order valence-corrected chi connectivity index (χ3v) is 4.57. The quantitative estimate of drug-likeness (QED) is 0.710. The zero-order valence-electron chi connectivity index (χ0n) is 15.5. The molecule has 6 nitrogen and oxygen atoms in total. The number of piperazine rings is 1. The highest BCUT2D eigenvalue weighted by Crippen LogP contribution is 2.13. The van der Waals surface area contributed by atoms with Crippen LogP contribution in [-0.4, -0.2) is 65.9 Å². The fourth-order valence-corrected chi connectivity index (χ4v) is 2.96. The van der Waals surface area contributed by atoms with E-state index in [1.807, 2.05) is 18.2 Å². The largest absolute Gasteiger partial charge is 0.353 e. The maximum absolute atomic E-state index is 12.6. The Labute approximate surface area is 150 Å². The van der Waals surface area contributed by atoms with Crippen molar-refractivity contribution < 1.29 is 9.59 Å². The molecule has 2 heterocycles. The summed E-state index contributed by atoms with van der Waals surface area (Å²) in [7, 11) is 0. The van der Waals surface area contributed by atoms with Gasteiger partial charge in [-0.1, -0.05) is 32.8 Å². The standard InChI is InChI=1S/C19H30N4O2/c1-3-5-11-22(12-6-4-2)18(24)19(25)23-15-13-21(14-16-23)17-9-7-8-10-20-17/h7-10H,3-6,11-16H2,1-2H3. The Hall–Kier alpha value is -2.11. The average molecular weight is 346 g/mol. The molecule has 0 atom stereocenters. The van der Waals surface area contributed by atoms with Crippen LogP contribution in [0.25, 0.3) is 0 Å². The van der Waals surface area contributed by atoms with Gasteiger partial charge in [0.2, 0.25) is 0 Å². The molecule has 1 aliphatic rings. The summed E-state index contributed by atoms with van der Waals surface area (Å²) in [4.78, 5) is 35.2. The molecule has 25 heavy (non-hydrogen) atoms. The van der Waals surface area contributed by atoms with E-state index in [0.29, 0.717) is 39.3 Å². The molecule has 1 aliphatic heterocycles. The van der Waals surface area contributed by atoms with E-state index >= 15 is 0 Å². The molecule has 138 valence electrons. The van der Waals surface area contributed by atoms with E-state index in [-0.39, 0.29) is 11.8 Å². The molecule has 0 radical (unpaired) electrons. The predicted octanol–water partition coefficient (Wildman–Crippen LogP) is 2.16. The molecule has 0 unspecified atom stereocenters. The molecule has 2 rings (SSSR count). The van der Waals surface area contributed by atoms with Crippen LogP contribution < -0.4 is 4.90 Å². The third-order valence-electron chi connectivity index (χ3n) is 4.57. The minimum absolute atomic E-state index is 0.340. The Kier molecular flexibility index (Phi) is 7.70. The Morgan fingerprint density at radius 1 is 1.04 bits per heavy atom. The smallest absolute Gasteiger partial charge is 0.312 e. The van der Waals surface area contributed by atoms with E-state index in [0.717, 1.165) is 31.5 Å². The van der Waals surface area contributed by atoms with Crippen LogP contribution >= 0.6 is 0 Å². The molecule has 0 saturated carbocycles. The van der Waals surface area contributed by atoms with Crippen LogP contribution in [0.1, 0.15) is 39.5 Å². The molecule has 1 aromatic heterocycles. The molecule has 1 aromatic rings. The summed E-state index contributed by atoms with van der Waals surface area (Å²) in [6.45, 7) is 8.10. The molecular formula is C19H30N4O2. The second-order valence-corrected chi connectivity index (χ2v) is 6.47. The SMILES string of the molecule is CCCCN(CCCC)C(=O)C(=O)N1CCN(c2ccccn2)CC1. The summed E-state index contributed by atoms with van der Waals surface area (Å²) in [6.07, 6.45) is 5.70. The molecule has 0 spiro atoms. The Bertz CT molecular complexity index is 534. The molecule has 0 aliphatic carbocycles. The lowest BCUT2D eigenvalue weighted by Crippen LogP contribution is -2.53. The van der Waals surface area contributed by atoms with Crippen LogP contribution in [0.3, 0.4) is 0 Å². The molecule has 6 heteroatoms. The monoisotopic (exact) mass is 346 g/mol. The number of carbonyl (C=O) groups is 2. The Balaban J connectivity index is 1.90. The molecule has 1 saturated heterocycles. The number of unbranched alkanes of at least 4 members (excludes halogenated alkanes) is 2. The number of nitrogens with zero attached hydrogens (tertiary/aromatic N) is 4. The lowest BCUT2D eigenvalue weighted by Gasteiger charge is -2.36. The number of aromatic nitrogens is 1. The normalized spacial score (nSPS) is 14.5. The van der Waals surface area contributed by atoms with Gasteiger partial charge in [0.25, 0.3) is 0 Å². The van der Waals surface area contributed by atoms with Gasteiger partial charge < -0.3 is 14.7 Å². The van der Waals surface area contributed by atoms with E-state index in [1.54, 1.807) is 16.0 Å². The molecule has 0 N–H and O–H groups in total. The van der Waals surface area contributed by atoms with Gasteiger partial charge in [-0.05, 0) is 25.0 Å². The van der Waals surface area contributed by atoms with E-state index in [4.69, 9.17) is 0 Å². The van der Waals surface area contributed by atoms with Gasteiger partial charge in [0.1, 0.15) is 5.82 Å². The number of hydrogen-bond acceptors (Lipinski definition) is 4. The number of amides is 2. The van der Waals surface area contributed by atoms with Crippen LogP contribution in [0, 0.1) is 0 Å². The average Bonchev–Trinajstić information content (AvgIpc) is 2.68. The van der Waals surface area contributed by atoms with Crippen LogP contribution in [0.15, 0.2) is 24.4 Å². The molecule has 0 bridgehead atoms. The van der Waals surface area contributed by atoms with Gasteiger partial charge in [-0.3, -0.25) is 9.59 Å². The summed E-state index contributed by atoms with van der Waals surface area (Å²) in [5.74, 6) is 0.231. The lowest BCUT2D eigenvalue weighted by atomic mass is 10.2. The minimum atomic E-state index is -0.354. The number of rotatable bonds is 7. The van der Waals surface area contributed by atoms with Crippen molar-refractivity contribution in [3.63, 3.8) is 0 Å². The highest BCUT2D eigenvalue weighted by Gasteiger charge is 2.29.